The van der Waals surface area contributed by atoms with Crippen LogP contribution >= 0.6 is 7.26 Å². The van der Waals surface area contributed by atoms with E-state index >= 15 is 0 Å². The van der Waals surface area contributed by atoms with Gasteiger partial charge in [-0.2, -0.15) is 0 Å². The number of benzene rings is 4. The molecule has 4 aromatic carbocycles. The number of fused-ring (bicyclic) bond motifs is 1. The van der Waals surface area contributed by atoms with E-state index in [1.165, 1.54) is 0 Å². The molecule has 160 valence electrons. The molecule has 0 N–H and O–H groups in total. The standard InChI is InChI=1S/C29H21O3P/c30-27(26-20-22-12-10-11-19-28(22)32-29(26)31)21-33(23-13-4-1-5-14-23,24-15-6-2-7-16-24)25-17-8-3-9-18-25/h1-21H/b27-21-. The highest BCUT2D eigenvalue weighted by Gasteiger charge is 2.43. The largest absolute Gasteiger partial charge is 0.870 e. The Morgan fingerprint density at radius 2 is 1.12 bits per heavy atom. The molecule has 5 aromatic rings. The third kappa shape index (κ3) is 3.88. The SMILES string of the molecule is O=c1oc2ccccc2cc1/C([O-])=C/[P+](c1ccccc1)(c1ccccc1)c1ccccc1. The summed E-state index contributed by atoms with van der Waals surface area (Å²) in [5, 5.41) is 17.6. The van der Waals surface area contributed by atoms with Gasteiger partial charge in [-0.25, -0.2) is 4.79 Å². The van der Waals surface area contributed by atoms with Gasteiger partial charge in [0.2, 0.25) is 0 Å². The van der Waals surface area contributed by atoms with Crippen LogP contribution in [0.4, 0.5) is 0 Å². The fourth-order valence-corrected chi connectivity index (χ4v) is 7.90. The molecule has 0 aliphatic carbocycles. The van der Waals surface area contributed by atoms with Gasteiger partial charge in [-0.1, -0.05) is 78.6 Å². The Morgan fingerprint density at radius 1 is 0.667 bits per heavy atom. The van der Waals surface area contributed by atoms with Crippen molar-refractivity contribution in [1.82, 2.24) is 0 Å². The van der Waals surface area contributed by atoms with Gasteiger partial charge in [0.25, 0.3) is 0 Å². The molecule has 0 aliphatic heterocycles. The second-order valence-corrected chi connectivity index (χ2v) is 11.0. The van der Waals surface area contributed by atoms with E-state index in [0.29, 0.717) is 5.58 Å². The van der Waals surface area contributed by atoms with Gasteiger partial charge in [-0.05, 0) is 48.5 Å². The van der Waals surface area contributed by atoms with Crippen LogP contribution in [0.1, 0.15) is 5.56 Å². The van der Waals surface area contributed by atoms with E-state index < -0.39 is 12.9 Å². The zero-order valence-corrected chi connectivity index (χ0v) is 18.7. The van der Waals surface area contributed by atoms with Gasteiger partial charge in [0, 0.05) is 5.39 Å². The van der Waals surface area contributed by atoms with Gasteiger partial charge in [-0.15, -0.1) is 0 Å². The number of hydrogen-bond acceptors (Lipinski definition) is 3. The fraction of sp³-hybridized carbons (Fsp3) is 0. The Bertz CT molecular complexity index is 1380. The van der Waals surface area contributed by atoms with Crippen molar-refractivity contribution in [3.05, 3.63) is 143 Å². The highest BCUT2D eigenvalue weighted by atomic mass is 31.2. The Hall–Kier alpha value is -3.94. The molecule has 0 bridgehead atoms. The molecular formula is C29H21O3P. The minimum atomic E-state index is -2.51. The molecule has 0 atom stereocenters. The second kappa shape index (κ2) is 8.90. The molecular weight excluding hydrogens is 427 g/mol. The van der Waals surface area contributed by atoms with Gasteiger partial charge in [0.1, 0.15) is 28.8 Å². The molecule has 0 amide bonds. The summed E-state index contributed by atoms with van der Waals surface area (Å²) >= 11 is 0. The highest BCUT2D eigenvalue weighted by molar-refractivity contribution is 7.98. The smallest absolute Gasteiger partial charge is 0.343 e. The number of hydrogen-bond donors (Lipinski definition) is 0. The van der Waals surface area contributed by atoms with Crippen molar-refractivity contribution < 1.29 is 9.52 Å². The molecule has 5 rings (SSSR count). The first-order chi connectivity index (χ1) is 16.2. The van der Waals surface area contributed by atoms with Crippen molar-refractivity contribution >= 4 is 39.9 Å². The van der Waals surface area contributed by atoms with E-state index in [4.69, 9.17) is 4.42 Å². The average Bonchev–Trinajstić information content (AvgIpc) is 2.88. The first-order valence-corrected chi connectivity index (χ1v) is 12.5. The fourth-order valence-electron chi connectivity index (χ4n) is 4.14. The monoisotopic (exact) mass is 448 g/mol. The van der Waals surface area contributed by atoms with E-state index in [2.05, 4.69) is 36.4 Å². The van der Waals surface area contributed by atoms with E-state index in [1.807, 2.05) is 66.7 Å². The molecule has 0 spiro atoms. The van der Waals surface area contributed by atoms with Gasteiger partial charge in [0.15, 0.2) is 0 Å². The lowest BCUT2D eigenvalue weighted by Gasteiger charge is -2.26. The molecule has 4 heteroatoms. The summed E-state index contributed by atoms with van der Waals surface area (Å²) < 4.78 is 5.46. The van der Waals surface area contributed by atoms with Crippen molar-refractivity contribution in [1.29, 1.82) is 0 Å². The third-order valence-electron chi connectivity index (χ3n) is 5.71. The normalized spacial score (nSPS) is 12.1. The molecule has 1 heterocycles. The number of para-hydroxylation sites is 1. The Labute approximate surface area is 192 Å². The maximum Gasteiger partial charge on any atom is 0.343 e. The van der Waals surface area contributed by atoms with E-state index in [0.717, 1.165) is 21.3 Å². The third-order valence-corrected chi connectivity index (χ3v) is 9.67. The zero-order chi connectivity index (χ0) is 22.7. The first-order valence-electron chi connectivity index (χ1n) is 10.7. The highest BCUT2D eigenvalue weighted by Crippen LogP contribution is 2.57. The van der Waals surface area contributed by atoms with Crippen LogP contribution in [-0.4, -0.2) is 0 Å². The van der Waals surface area contributed by atoms with Crippen LogP contribution in [0.25, 0.3) is 16.7 Å². The molecule has 3 nitrogen and oxygen atoms in total. The maximum absolute atomic E-state index is 13.8. The Morgan fingerprint density at radius 3 is 1.64 bits per heavy atom. The van der Waals surface area contributed by atoms with E-state index in [-0.39, 0.29) is 11.3 Å². The summed E-state index contributed by atoms with van der Waals surface area (Å²) in [6.07, 6.45) is 0. The topological polar surface area (TPSA) is 53.3 Å². The van der Waals surface area contributed by atoms with Crippen molar-refractivity contribution in [2.45, 2.75) is 0 Å². The lowest BCUT2D eigenvalue weighted by Crippen LogP contribution is -2.30. The summed E-state index contributed by atoms with van der Waals surface area (Å²) in [6.45, 7) is 0. The Balaban J connectivity index is 1.82. The van der Waals surface area contributed by atoms with Crippen molar-refractivity contribution in [2.75, 3.05) is 0 Å². The lowest BCUT2D eigenvalue weighted by molar-refractivity contribution is -0.243. The molecule has 1 aromatic heterocycles. The molecule has 0 saturated carbocycles. The summed E-state index contributed by atoms with van der Waals surface area (Å²) in [7, 11) is -2.51. The molecule has 33 heavy (non-hydrogen) atoms. The molecule has 0 fully saturated rings. The second-order valence-electron chi connectivity index (χ2n) is 7.71. The Kier molecular flexibility index (Phi) is 5.64. The van der Waals surface area contributed by atoms with Crippen LogP contribution in [0, 0.1) is 0 Å². The molecule has 0 radical (unpaired) electrons. The minimum Gasteiger partial charge on any atom is -0.870 e. The van der Waals surface area contributed by atoms with Crippen molar-refractivity contribution in [2.24, 2.45) is 0 Å². The number of rotatable bonds is 5. The summed E-state index contributed by atoms with van der Waals surface area (Å²) in [6, 6.07) is 39.0. The van der Waals surface area contributed by atoms with E-state index in [1.54, 1.807) is 24.0 Å². The van der Waals surface area contributed by atoms with Gasteiger partial charge >= 0.3 is 5.63 Å². The predicted molar refractivity (Wildman–Crippen MR) is 136 cm³/mol. The van der Waals surface area contributed by atoms with Crippen molar-refractivity contribution in [3.8, 4) is 0 Å². The summed E-state index contributed by atoms with van der Waals surface area (Å²) in [4.78, 5) is 12.8. The predicted octanol–water partition coefficient (Wildman–Crippen LogP) is 4.45. The minimum absolute atomic E-state index is 0.0425. The molecule has 0 aliphatic rings. The quantitative estimate of drug-likeness (QED) is 0.227. The maximum atomic E-state index is 13.8. The summed E-state index contributed by atoms with van der Waals surface area (Å²) in [5.41, 5.74) is -0.114. The van der Waals surface area contributed by atoms with Crippen LogP contribution in [0.15, 0.2) is 136 Å². The van der Waals surface area contributed by atoms with Crippen molar-refractivity contribution in [3.63, 3.8) is 0 Å². The first kappa shape index (κ1) is 20.9. The van der Waals surface area contributed by atoms with Crippen LogP contribution in [0.5, 0.6) is 0 Å². The van der Waals surface area contributed by atoms with Gasteiger partial charge < -0.3 is 9.52 Å². The zero-order valence-electron chi connectivity index (χ0n) is 17.8. The lowest BCUT2D eigenvalue weighted by atomic mass is 10.2. The van der Waals surface area contributed by atoms with Crippen LogP contribution in [-0.2, 0) is 0 Å². The van der Waals surface area contributed by atoms with Crippen LogP contribution < -0.4 is 26.6 Å². The summed E-state index contributed by atoms with van der Waals surface area (Å²) in [5.74, 6) is 1.42. The van der Waals surface area contributed by atoms with Gasteiger partial charge in [-0.3, -0.25) is 0 Å². The average molecular weight is 448 g/mol. The van der Waals surface area contributed by atoms with E-state index in [9.17, 15) is 9.90 Å². The molecule has 0 unspecified atom stereocenters. The van der Waals surface area contributed by atoms with Crippen LogP contribution in [0.3, 0.4) is 0 Å². The molecule has 0 saturated heterocycles. The van der Waals surface area contributed by atoms with Crippen LogP contribution in [0.2, 0.25) is 0 Å². The van der Waals surface area contributed by atoms with Gasteiger partial charge in [0.05, 0.1) is 11.4 Å².